The van der Waals surface area contributed by atoms with Crippen molar-refractivity contribution in [1.29, 1.82) is 0 Å². The quantitative estimate of drug-likeness (QED) is 0.585. The van der Waals surface area contributed by atoms with E-state index in [9.17, 15) is 4.79 Å². The number of hydrogen-bond acceptors (Lipinski definition) is 2. The minimum atomic E-state index is -0.100. The van der Waals surface area contributed by atoms with Crippen LogP contribution in [0.4, 0.5) is 5.69 Å². The van der Waals surface area contributed by atoms with E-state index >= 15 is 0 Å². The summed E-state index contributed by atoms with van der Waals surface area (Å²) >= 11 is 5.23. The van der Waals surface area contributed by atoms with Crippen molar-refractivity contribution < 1.29 is 4.79 Å². The van der Waals surface area contributed by atoms with Crippen LogP contribution in [0.3, 0.4) is 0 Å². The van der Waals surface area contributed by atoms with E-state index in [4.69, 9.17) is 12.2 Å². The van der Waals surface area contributed by atoms with Crippen molar-refractivity contribution >= 4 is 28.9 Å². The molecule has 0 bridgehead atoms. The van der Waals surface area contributed by atoms with Crippen LogP contribution in [0.2, 0.25) is 0 Å². The zero-order valence-corrected chi connectivity index (χ0v) is 15.0. The van der Waals surface area contributed by atoms with Crippen LogP contribution in [-0.2, 0) is 4.79 Å². The fraction of sp³-hybridized carbons (Fsp3) is 0.263. The smallest absolute Gasteiger partial charge is 0.238 e. The highest BCUT2D eigenvalue weighted by atomic mass is 32.1. The predicted octanol–water partition coefficient (Wildman–Crippen LogP) is 3.81. The molecule has 3 N–H and O–H groups in total. The van der Waals surface area contributed by atoms with Gasteiger partial charge in [0.05, 0.1) is 0 Å². The molecule has 0 aliphatic rings. The maximum absolute atomic E-state index is 12.0. The highest BCUT2D eigenvalue weighted by Crippen LogP contribution is 2.18. The summed E-state index contributed by atoms with van der Waals surface area (Å²) in [7, 11) is 0. The summed E-state index contributed by atoms with van der Waals surface area (Å²) in [6, 6.07) is 15.9. The van der Waals surface area contributed by atoms with Gasteiger partial charge in [-0.15, -0.1) is 0 Å². The largest absolute Gasteiger partial charge is 0.331 e. The van der Waals surface area contributed by atoms with Gasteiger partial charge in [0.25, 0.3) is 0 Å². The number of rotatable bonds is 4. The summed E-state index contributed by atoms with van der Waals surface area (Å²) in [5.41, 5.74) is 9.79. The van der Waals surface area contributed by atoms with Crippen LogP contribution in [0, 0.1) is 13.8 Å². The van der Waals surface area contributed by atoms with Gasteiger partial charge in [-0.3, -0.25) is 15.6 Å². The number of benzene rings is 2. The number of carbonyl (C=O) groups excluding carboxylic acids is 1. The van der Waals surface area contributed by atoms with Crippen LogP contribution < -0.4 is 16.2 Å². The van der Waals surface area contributed by atoms with Crippen molar-refractivity contribution in [3.8, 4) is 0 Å². The van der Waals surface area contributed by atoms with Crippen LogP contribution in [0.5, 0.6) is 0 Å². The second-order valence-corrected chi connectivity index (χ2v) is 6.30. The Labute approximate surface area is 148 Å². The maximum Gasteiger partial charge on any atom is 0.238 e. The highest BCUT2D eigenvalue weighted by molar-refractivity contribution is 7.80. The molecule has 0 saturated heterocycles. The molecule has 0 saturated carbocycles. The van der Waals surface area contributed by atoms with Crippen LogP contribution in [0.25, 0.3) is 0 Å². The topological polar surface area (TPSA) is 53.2 Å². The van der Waals surface area contributed by atoms with Crippen molar-refractivity contribution in [1.82, 2.24) is 10.9 Å². The molecule has 2 rings (SSSR count). The highest BCUT2D eigenvalue weighted by Gasteiger charge is 2.11. The molecule has 2 aromatic carbocycles. The van der Waals surface area contributed by atoms with Gasteiger partial charge in [0, 0.05) is 12.1 Å². The Morgan fingerprint density at radius 1 is 1.04 bits per heavy atom. The van der Waals surface area contributed by atoms with Crippen molar-refractivity contribution in [3.05, 3.63) is 65.2 Å². The molecule has 0 fully saturated rings. The monoisotopic (exact) mass is 341 g/mol. The zero-order chi connectivity index (χ0) is 17.5. The van der Waals surface area contributed by atoms with Crippen molar-refractivity contribution in [2.45, 2.75) is 33.1 Å². The maximum atomic E-state index is 12.0. The predicted molar refractivity (Wildman–Crippen MR) is 103 cm³/mol. The molecule has 1 amide bonds. The molecule has 126 valence electrons. The SMILES string of the molecule is Cc1cccc(NC(=S)NNC(=O)C[C@@H](C)c2ccccc2)c1C. The fourth-order valence-electron chi connectivity index (χ4n) is 2.40. The lowest BCUT2D eigenvalue weighted by molar-refractivity contribution is -0.121. The lowest BCUT2D eigenvalue weighted by Crippen LogP contribution is -2.44. The molecule has 0 aliphatic carbocycles. The van der Waals surface area contributed by atoms with E-state index in [1.165, 1.54) is 5.56 Å². The van der Waals surface area contributed by atoms with E-state index in [-0.39, 0.29) is 11.8 Å². The minimum Gasteiger partial charge on any atom is -0.331 e. The van der Waals surface area contributed by atoms with Gasteiger partial charge in [-0.2, -0.15) is 0 Å². The van der Waals surface area contributed by atoms with E-state index in [2.05, 4.69) is 16.2 Å². The molecule has 0 aromatic heterocycles. The molecular formula is C19H23N3OS. The number of hydrazine groups is 1. The van der Waals surface area contributed by atoms with Gasteiger partial charge < -0.3 is 5.32 Å². The standard InChI is InChI=1S/C19H23N3OS/c1-13-8-7-11-17(15(13)3)20-19(24)22-21-18(23)12-14(2)16-9-5-4-6-10-16/h4-11,14H,12H2,1-3H3,(H,21,23)(H2,20,22,24)/t14-/m1/s1. The molecule has 0 radical (unpaired) electrons. The fourth-order valence-corrected chi connectivity index (χ4v) is 2.56. The first-order chi connectivity index (χ1) is 11.5. The van der Waals surface area contributed by atoms with E-state index in [0.717, 1.165) is 16.8 Å². The summed E-state index contributed by atoms with van der Waals surface area (Å²) in [6.45, 7) is 6.10. The number of aryl methyl sites for hydroxylation is 1. The van der Waals surface area contributed by atoms with Gasteiger partial charge in [-0.25, -0.2) is 0 Å². The number of anilines is 1. The first kappa shape index (κ1) is 17.9. The molecular weight excluding hydrogens is 318 g/mol. The molecule has 4 nitrogen and oxygen atoms in total. The molecule has 0 aliphatic heterocycles. The zero-order valence-electron chi connectivity index (χ0n) is 14.2. The van der Waals surface area contributed by atoms with Crippen LogP contribution in [0.15, 0.2) is 48.5 Å². The van der Waals surface area contributed by atoms with Crippen LogP contribution in [-0.4, -0.2) is 11.0 Å². The Kier molecular flexibility index (Phi) is 6.32. The molecule has 0 spiro atoms. The second-order valence-electron chi connectivity index (χ2n) is 5.89. The minimum absolute atomic E-state index is 0.100. The van der Waals surface area contributed by atoms with Gasteiger partial charge >= 0.3 is 0 Å². The van der Waals surface area contributed by atoms with Gasteiger partial charge in [0.1, 0.15) is 0 Å². The molecule has 0 unspecified atom stereocenters. The average Bonchev–Trinajstić information content (AvgIpc) is 2.58. The summed E-state index contributed by atoms with van der Waals surface area (Å²) in [5.74, 6) is 0.0463. The molecule has 24 heavy (non-hydrogen) atoms. The van der Waals surface area contributed by atoms with Gasteiger partial charge in [-0.05, 0) is 54.7 Å². The Hall–Kier alpha value is -2.40. The second kappa shape index (κ2) is 8.45. The Morgan fingerprint density at radius 2 is 1.75 bits per heavy atom. The van der Waals surface area contributed by atoms with E-state index in [1.807, 2.05) is 69.3 Å². The summed E-state index contributed by atoms with van der Waals surface area (Å²) in [6.07, 6.45) is 0.392. The first-order valence-electron chi connectivity index (χ1n) is 7.94. The third-order valence-electron chi connectivity index (χ3n) is 4.03. The van der Waals surface area contributed by atoms with Crippen LogP contribution in [0.1, 0.15) is 36.0 Å². The van der Waals surface area contributed by atoms with Crippen molar-refractivity contribution in [2.75, 3.05) is 5.32 Å². The lowest BCUT2D eigenvalue weighted by atomic mass is 9.98. The van der Waals surface area contributed by atoms with Gasteiger partial charge in [0.2, 0.25) is 5.91 Å². The number of amides is 1. The van der Waals surface area contributed by atoms with Crippen molar-refractivity contribution in [3.63, 3.8) is 0 Å². The number of hydrogen-bond donors (Lipinski definition) is 3. The average molecular weight is 341 g/mol. The van der Waals surface area contributed by atoms with Crippen molar-refractivity contribution in [2.24, 2.45) is 0 Å². The normalized spacial score (nSPS) is 11.5. The van der Waals surface area contributed by atoms with E-state index in [1.54, 1.807) is 0 Å². The Morgan fingerprint density at radius 3 is 2.46 bits per heavy atom. The van der Waals surface area contributed by atoms with Gasteiger partial charge in [-0.1, -0.05) is 49.4 Å². The number of thiocarbonyl (C=S) groups is 1. The molecule has 5 heteroatoms. The third kappa shape index (κ3) is 5.06. The van der Waals surface area contributed by atoms with Gasteiger partial charge in [0.15, 0.2) is 5.11 Å². The third-order valence-corrected chi connectivity index (χ3v) is 4.23. The summed E-state index contributed by atoms with van der Waals surface area (Å²) in [4.78, 5) is 12.0. The lowest BCUT2D eigenvalue weighted by Gasteiger charge is -2.16. The number of nitrogens with one attached hydrogen (secondary N) is 3. The Balaban J connectivity index is 1.81. The summed E-state index contributed by atoms with van der Waals surface area (Å²) in [5, 5.41) is 3.46. The number of carbonyl (C=O) groups is 1. The Bertz CT molecular complexity index is 716. The molecule has 0 heterocycles. The van der Waals surface area contributed by atoms with E-state index < -0.39 is 0 Å². The molecule has 1 atom stereocenters. The molecule has 2 aromatic rings. The first-order valence-corrected chi connectivity index (χ1v) is 8.35. The van der Waals surface area contributed by atoms with E-state index in [0.29, 0.717) is 11.5 Å². The van der Waals surface area contributed by atoms with Crippen LogP contribution >= 0.6 is 12.2 Å². The summed E-state index contributed by atoms with van der Waals surface area (Å²) < 4.78 is 0.